The smallest absolute Gasteiger partial charge is 0.350 e. The van der Waals surface area contributed by atoms with Crippen LogP contribution in [0.3, 0.4) is 0 Å². The first kappa shape index (κ1) is 15.3. The zero-order valence-corrected chi connectivity index (χ0v) is 13.8. The summed E-state index contributed by atoms with van der Waals surface area (Å²) in [5.41, 5.74) is 10.7. The van der Waals surface area contributed by atoms with Gasteiger partial charge in [-0.25, -0.2) is 9.78 Å². The van der Waals surface area contributed by atoms with Crippen LogP contribution >= 0.6 is 22.7 Å². The molecule has 0 spiro atoms. The summed E-state index contributed by atoms with van der Waals surface area (Å²) in [6, 6.07) is 9.56. The predicted molar refractivity (Wildman–Crippen MR) is 93.6 cm³/mol. The second-order valence-electron chi connectivity index (χ2n) is 4.59. The molecule has 0 radical (unpaired) electrons. The number of benzene rings is 1. The van der Waals surface area contributed by atoms with Crippen molar-refractivity contribution in [3.05, 3.63) is 57.4 Å². The van der Waals surface area contributed by atoms with Gasteiger partial charge in [0.25, 0.3) is 0 Å². The molecule has 0 aliphatic rings. The number of anilines is 1. The normalized spacial score (nSPS) is 9.96. The van der Waals surface area contributed by atoms with E-state index in [1.54, 1.807) is 11.6 Å². The highest BCUT2D eigenvalue weighted by atomic mass is 32.1. The Balaban J connectivity index is 1.84. The number of ether oxygens (including phenoxy) is 1. The van der Waals surface area contributed by atoms with Gasteiger partial charge in [0.15, 0.2) is 0 Å². The van der Waals surface area contributed by atoms with Gasteiger partial charge < -0.3 is 10.5 Å². The van der Waals surface area contributed by atoms with Gasteiger partial charge in [0, 0.05) is 15.8 Å². The monoisotopic (exact) mass is 340 g/mol. The van der Waals surface area contributed by atoms with E-state index < -0.39 is 5.97 Å². The zero-order chi connectivity index (χ0) is 16.2. The fourth-order valence-corrected chi connectivity index (χ4v) is 3.42. The maximum atomic E-state index is 11.6. The van der Waals surface area contributed by atoms with Gasteiger partial charge in [-0.15, -0.1) is 22.7 Å². The number of nitrogens with zero attached hydrogens (tertiary/aromatic N) is 1. The number of nitrogen functional groups attached to an aromatic ring is 1. The zero-order valence-electron chi connectivity index (χ0n) is 12.2. The molecule has 0 aliphatic heterocycles. The number of carbonyl (C=O) groups excluding carboxylic acids is 1. The fourth-order valence-electron chi connectivity index (χ4n) is 1.93. The minimum Gasteiger partial charge on any atom is -0.465 e. The molecule has 0 saturated heterocycles. The van der Waals surface area contributed by atoms with Crippen LogP contribution in [0.1, 0.15) is 20.9 Å². The number of esters is 1. The SMILES string of the molecule is COC(=O)c1sc(-c2ccc(C#Cc3cscn3)cc2)cc1N. The Morgan fingerprint density at radius 2 is 2.04 bits per heavy atom. The molecular formula is C17H12N2O2S2. The molecule has 2 N–H and O–H groups in total. The largest absolute Gasteiger partial charge is 0.465 e. The lowest BCUT2D eigenvalue weighted by Crippen LogP contribution is -2.00. The molecule has 2 aromatic heterocycles. The Morgan fingerprint density at radius 3 is 2.70 bits per heavy atom. The number of aromatic nitrogens is 1. The Bertz CT molecular complexity index is 885. The standard InChI is InChI=1S/C17H12N2O2S2/c1-21-17(20)16-14(18)8-15(23-16)12-5-2-11(3-6-12)4-7-13-9-22-10-19-13/h2-3,5-6,8-10H,18H2,1H3. The van der Waals surface area contributed by atoms with Crippen molar-refractivity contribution < 1.29 is 9.53 Å². The summed E-state index contributed by atoms with van der Waals surface area (Å²) in [4.78, 5) is 17.1. The van der Waals surface area contributed by atoms with Crippen molar-refractivity contribution in [2.24, 2.45) is 0 Å². The quantitative estimate of drug-likeness (QED) is 0.571. The highest BCUT2D eigenvalue weighted by Crippen LogP contribution is 2.33. The number of hydrogen-bond acceptors (Lipinski definition) is 6. The van der Waals surface area contributed by atoms with E-state index in [4.69, 9.17) is 10.5 Å². The summed E-state index contributed by atoms with van der Waals surface area (Å²) >= 11 is 2.84. The van der Waals surface area contributed by atoms with Gasteiger partial charge in [-0.05, 0) is 29.7 Å². The van der Waals surface area contributed by atoms with Gasteiger partial charge in [0.2, 0.25) is 0 Å². The maximum Gasteiger partial charge on any atom is 0.350 e. The molecule has 2 heterocycles. The van der Waals surface area contributed by atoms with E-state index in [9.17, 15) is 4.79 Å². The lowest BCUT2D eigenvalue weighted by atomic mass is 10.1. The molecule has 1 aromatic carbocycles. The average Bonchev–Trinajstić information content (AvgIpc) is 3.22. The number of methoxy groups -OCH3 is 1. The Morgan fingerprint density at radius 1 is 1.26 bits per heavy atom. The second-order valence-corrected chi connectivity index (χ2v) is 6.36. The van der Waals surface area contributed by atoms with Gasteiger partial charge in [-0.3, -0.25) is 0 Å². The van der Waals surface area contributed by atoms with Crippen molar-refractivity contribution in [1.29, 1.82) is 0 Å². The molecule has 0 unspecified atom stereocenters. The highest BCUT2D eigenvalue weighted by molar-refractivity contribution is 7.18. The number of carbonyl (C=O) groups is 1. The van der Waals surface area contributed by atoms with Gasteiger partial charge in [0.1, 0.15) is 10.6 Å². The van der Waals surface area contributed by atoms with E-state index in [2.05, 4.69) is 16.8 Å². The third-order valence-corrected chi connectivity index (χ3v) is 4.83. The average molecular weight is 340 g/mol. The number of hydrogen-bond donors (Lipinski definition) is 1. The summed E-state index contributed by atoms with van der Waals surface area (Å²) in [5, 5.41) is 1.91. The number of rotatable bonds is 2. The summed E-state index contributed by atoms with van der Waals surface area (Å²) in [6.07, 6.45) is 0. The van der Waals surface area contributed by atoms with Crippen molar-refractivity contribution in [1.82, 2.24) is 4.98 Å². The van der Waals surface area contributed by atoms with Crippen LogP contribution in [0, 0.1) is 11.8 Å². The van der Waals surface area contributed by atoms with Crippen molar-refractivity contribution >= 4 is 34.3 Å². The highest BCUT2D eigenvalue weighted by Gasteiger charge is 2.15. The van der Waals surface area contributed by atoms with E-state index >= 15 is 0 Å². The van der Waals surface area contributed by atoms with Crippen LogP contribution in [0.5, 0.6) is 0 Å². The molecule has 114 valence electrons. The van der Waals surface area contributed by atoms with Crippen LogP contribution < -0.4 is 5.73 Å². The van der Waals surface area contributed by atoms with Gasteiger partial charge in [0.05, 0.1) is 18.3 Å². The number of thiazole rings is 1. The van der Waals surface area contributed by atoms with Crippen molar-refractivity contribution in [2.75, 3.05) is 12.8 Å². The Kier molecular flexibility index (Phi) is 4.42. The summed E-state index contributed by atoms with van der Waals surface area (Å²) in [7, 11) is 1.34. The minimum atomic E-state index is -0.413. The third kappa shape index (κ3) is 3.42. The molecule has 3 aromatic rings. The molecule has 0 bridgehead atoms. The fraction of sp³-hybridized carbons (Fsp3) is 0.0588. The van der Waals surface area contributed by atoms with Crippen molar-refractivity contribution in [3.8, 4) is 22.3 Å². The van der Waals surface area contributed by atoms with Crippen LogP contribution in [0.4, 0.5) is 5.69 Å². The van der Waals surface area contributed by atoms with Crippen LogP contribution in [-0.4, -0.2) is 18.1 Å². The minimum absolute atomic E-state index is 0.413. The summed E-state index contributed by atoms with van der Waals surface area (Å²) < 4.78 is 4.72. The summed E-state index contributed by atoms with van der Waals surface area (Å²) in [5.74, 6) is 5.66. The first-order valence-corrected chi connectivity index (χ1v) is 8.41. The Hall–Kier alpha value is -2.62. The molecule has 3 rings (SSSR count). The third-order valence-electron chi connectivity index (χ3n) is 3.07. The van der Waals surface area contributed by atoms with Crippen molar-refractivity contribution in [3.63, 3.8) is 0 Å². The first-order chi connectivity index (χ1) is 11.2. The van der Waals surface area contributed by atoms with Crippen LogP contribution in [0.2, 0.25) is 0 Å². The van der Waals surface area contributed by atoms with Gasteiger partial charge >= 0.3 is 5.97 Å². The number of thiophene rings is 1. The van der Waals surface area contributed by atoms with Gasteiger partial charge in [-0.2, -0.15) is 0 Å². The van der Waals surface area contributed by atoms with Crippen LogP contribution in [0.25, 0.3) is 10.4 Å². The van der Waals surface area contributed by atoms with E-state index in [1.165, 1.54) is 29.8 Å². The Labute approximate surface area is 141 Å². The molecule has 0 fully saturated rings. The summed E-state index contributed by atoms with van der Waals surface area (Å²) in [6.45, 7) is 0. The lowest BCUT2D eigenvalue weighted by Gasteiger charge is -1.97. The predicted octanol–water partition coefficient (Wildman–Crippen LogP) is 3.64. The van der Waals surface area contributed by atoms with Crippen molar-refractivity contribution in [2.45, 2.75) is 0 Å². The molecular weight excluding hydrogens is 328 g/mol. The molecule has 0 aliphatic carbocycles. The van der Waals surface area contributed by atoms with E-state index in [0.29, 0.717) is 10.6 Å². The van der Waals surface area contributed by atoms with E-state index in [0.717, 1.165) is 21.7 Å². The molecule has 0 atom stereocenters. The maximum absolute atomic E-state index is 11.6. The lowest BCUT2D eigenvalue weighted by molar-refractivity contribution is 0.0607. The number of nitrogens with two attached hydrogens (primary N) is 1. The molecule has 23 heavy (non-hydrogen) atoms. The molecule has 0 amide bonds. The first-order valence-electron chi connectivity index (χ1n) is 6.65. The van der Waals surface area contributed by atoms with E-state index in [1.807, 2.05) is 29.6 Å². The van der Waals surface area contributed by atoms with Crippen LogP contribution in [-0.2, 0) is 4.74 Å². The topological polar surface area (TPSA) is 65.2 Å². The molecule has 6 heteroatoms. The second kappa shape index (κ2) is 6.65. The molecule has 0 saturated carbocycles. The van der Waals surface area contributed by atoms with Crippen LogP contribution in [0.15, 0.2) is 41.2 Å². The van der Waals surface area contributed by atoms with Gasteiger partial charge in [-0.1, -0.05) is 18.1 Å². The molecule has 4 nitrogen and oxygen atoms in total. The van der Waals surface area contributed by atoms with E-state index in [-0.39, 0.29) is 0 Å².